The Morgan fingerprint density at radius 3 is 2.25 bits per heavy atom. The number of halogens is 1. The lowest BCUT2D eigenvalue weighted by atomic mass is 9.98. The summed E-state index contributed by atoms with van der Waals surface area (Å²) < 4.78 is 0. The van der Waals surface area contributed by atoms with E-state index in [9.17, 15) is 0 Å². The second-order valence-electron chi connectivity index (χ2n) is 2.37. The van der Waals surface area contributed by atoms with Gasteiger partial charge in [0.25, 0.3) is 0 Å². The molecule has 1 rings (SSSR count). The van der Waals surface area contributed by atoms with E-state index in [1.807, 2.05) is 0 Å². The number of alkyl halides is 1. The molecule has 0 aromatic carbocycles. The summed E-state index contributed by atoms with van der Waals surface area (Å²) in [5.41, 5.74) is 0. The molecule has 1 nitrogen and oxygen atoms in total. The smallest absolute Gasteiger partial charge is 0.0703 e. The van der Waals surface area contributed by atoms with Crippen molar-refractivity contribution in [2.45, 2.75) is 37.2 Å². The number of aliphatic hydroxyl groups is 1. The average molecular weight is 135 g/mol. The van der Waals surface area contributed by atoms with Crippen LogP contribution in [0.25, 0.3) is 0 Å². The fourth-order valence-corrected chi connectivity index (χ4v) is 1.35. The first-order valence-corrected chi connectivity index (χ1v) is 3.56. The lowest BCUT2D eigenvalue weighted by molar-refractivity contribution is 0.134. The third-order valence-corrected chi connectivity index (χ3v) is 2.16. The van der Waals surface area contributed by atoms with Gasteiger partial charge in [-0.05, 0) is 12.8 Å². The number of hydrogen-bond acceptors (Lipinski definition) is 1. The van der Waals surface area contributed by atoms with E-state index in [1.54, 1.807) is 0 Å². The predicted molar refractivity (Wildman–Crippen MR) is 34.1 cm³/mol. The molecule has 0 amide bonds. The Morgan fingerprint density at radius 2 is 1.88 bits per heavy atom. The van der Waals surface area contributed by atoms with Crippen LogP contribution >= 0.6 is 11.6 Å². The van der Waals surface area contributed by atoms with Crippen molar-refractivity contribution in [3.8, 4) is 0 Å². The van der Waals surface area contributed by atoms with Gasteiger partial charge in [-0.1, -0.05) is 12.8 Å². The summed E-state index contributed by atoms with van der Waals surface area (Å²) in [5, 5.41) is 9.08. The SMILES string of the molecule is OC1CCCC[C@@H]1Cl. The van der Waals surface area contributed by atoms with Crippen LogP contribution in [0.1, 0.15) is 25.7 Å². The topological polar surface area (TPSA) is 20.2 Å². The Balaban J connectivity index is 2.28. The van der Waals surface area contributed by atoms with Gasteiger partial charge in [0.2, 0.25) is 0 Å². The number of aliphatic hydroxyl groups excluding tert-OH is 1. The van der Waals surface area contributed by atoms with Crippen molar-refractivity contribution in [1.29, 1.82) is 0 Å². The van der Waals surface area contributed by atoms with Crippen molar-refractivity contribution in [2.75, 3.05) is 0 Å². The summed E-state index contributed by atoms with van der Waals surface area (Å²) in [7, 11) is 0. The molecule has 1 aliphatic carbocycles. The van der Waals surface area contributed by atoms with Crippen molar-refractivity contribution in [3.05, 3.63) is 0 Å². The minimum Gasteiger partial charge on any atom is -0.392 e. The summed E-state index contributed by atoms with van der Waals surface area (Å²) in [6.07, 6.45) is 3.98. The van der Waals surface area contributed by atoms with E-state index in [0.29, 0.717) is 0 Å². The predicted octanol–water partition coefficient (Wildman–Crippen LogP) is 1.53. The van der Waals surface area contributed by atoms with Crippen LogP contribution in [0, 0.1) is 0 Å². The molecule has 0 bridgehead atoms. The van der Waals surface area contributed by atoms with Crippen molar-refractivity contribution < 1.29 is 5.11 Å². The van der Waals surface area contributed by atoms with Crippen molar-refractivity contribution >= 4 is 11.6 Å². The van der Waals surface area contributed by atoms with Gasteiger partial charge in [0.15, 0.2) is 0 Å². The normalized spacial score (nSPS) is 39.8. The van der Waals surface area contributed by atoms with E-state index in [0.717, 1.165) is 19.3 Å². The number of rotatable bonds is 0. The van der Waals surface area contributed by atoms with Gasteiger partial charge in [-0.25, -0.2) is 0 Å². The molecule has 2 atom stereocenters. The molecule has 0 aromatic heterocycles. The Hall–Kier alpha value is 0.250. The quantitative estimate of drug-likeness (QED) is 0.499. The zero-order valence-corrected chi connectivity index (χ0v) is 5.56. The Kier molecular flexibility index (Phi) is 2.15. The van der Waals surface area contributed by atoms with E-state index in [1.165, 1.54) is 6.42 Å². The van der Waals surface area contributed by atoms with Gasteiger partial charge < -0.3 is 5.11 Å². The molecule has 0 saturated heterocycles. The van der Waals surface area contributed by atoms with Gasteiger partial charge in [-0.15, -0.1) is 11.6 Å². The maximum Gasteiger partial charge on any atom is 0.0703 e. The molecular weight excluding hydrogens is 124 g/mol. The van der Waals surface area contributed by atoms with Crippen LogP contribution in [0.15, 0.2) is 0 Å². The van der Waals surface area contributed by atoms with Crippen LogP contribution in [0.4, 0.5) is 0 Å². The summed E-state index contributed by atoms with van der Waals surface area (Å²) in [6.45, 7) is 0. The second kappa shape index (κ2) is 2.70. The van der Waals surface area contributed by atoms with E-state index < -0.39 is 0 Å². The monoisotopic (exact) mass is 134 g/mol. The Labute approximate surface area is 54.7 Å². The maximum atomic E-state index is 9.05. The van der Waals surface area contributed by atoms with Crippen molar-refractivity contribution in [2.24, 2.45) is 0 Å². The van der Waals surface area contributed by atoms with Gasteiger partial charge in [0.05, 0.1) is 11.5 Å². The highest BCUT2D eigenvalue weighted by molar-refractivity contribution is 6.21. The zero-order chi connectivity index (χ0) is 5.98. The first-order valence-electron chi connectivity index (χ1n) is 3.13. The van der Waals surface area contributed by atoms with Crippen molar-refractivity contribution in [1.82, 2.24) is 0 Å². The fraction of sp³-hybridized carbons (Fsp3) is 1.00. The van der Waals surface area contributed by atoms with Gasteiger partial charge in [0, 0.05) is 0 Å². The molecule has 0 radical (unpaired) electrons. The molecule has 48 valence electrons. The first kappa shape index (κ1) is 6.37. The fourth-order valence-electron chi connectivity index (χ4n) is 1.07. The third-order valence-electron chi connectivity index (χ3n) is 1.65. The van der Waals surface area contributed by atoms with Gasteiger partial charge >= 0.3 is 0 Å². The van der Waals surface area contributed by atoms with E-state index in [4.69, 9.17) is 16.7 Å². The van der Waals surface area contributed by atoms with E-state index >= 15 is 0 Å². The first-order chi connectivity index (χ1) is 3.80. The summed E-state index contributed by atoms with van der Waals surface area (Å²) in [4.78, 5) is 0. The second-order valence-corrected chi connectivity index (χ2v) is 2.93. The molecule has 0 aromatic rings. The van der Waals surface area contributed by atoms with Crippen LogP contribution in [0.5, 0.6) is 0 Å². The number of hydrogen-bond donors (Lipinski definition) is 1. The van der Waals surface area contributed by atoms with Gasteiger partial charge in [0.1, 0.15) is 0 Å². The third kappa shape index (κ3) is 1.36. The Bertz CT molecular complexity index is 64.9. The molecular formula is C6H11ClO. The van der Waals surface area contributed by atoms with Crippen molar-refractivity contribution in [3.63, 3.8) is 0 Å². The molecule has 1 fully saturated rings. The zero-order valence-electron chi connectivity index (χ0n) is 4.81. The molecule has 1 unspecified atom stereocenters. The highest BCUT2D eigenvalue weighted by Crippen LogP contribution is 2.22. The van der Waals surface area contributed by atoms with Gasteiger partial charge in [-0.3, -0.25) is 0 Å². The standard InChI is InChI=1S/C6H11ClO/c7-5-3-1-2-4-6(5)8/h5-6,8H,1-4H2/t5-,6?/m0/s1. The molecule has 0 aliphatic heterocycles. The van der Waals surface area contributed by atoms with Gasteiger partial charge in [-0.2, -0.15) is 0 Å². The molecule has 1 N–H and O–H groups in total. The Morgan fingerprint density at radius 1 is 1.25 bits per heavy atom. The average Bonchev–Trinajstić information content (AvgIpc) is 1.77. The highest BCUT2D eigenvalue weighted by Gasteiger charge is 2.19. The molecule has 8 heavy (non-hydrogen) atoms. The largest absolute Gasteiger partial charge is 0.392 e. The van der Waals surface area contributed by atoms with Crippen LogP contribution in [-0.4, -0.2) is 16.6 Å². The van der Waals surface area contributed by atoms with E-state index in [-0.39, 0.29) is 11.5 Å². The highest BCUT2D eigenvalue weighted by atomic mass is 35.5. The maximum absolute atomic E-state index is 9.05. The minimum atomic E-state index is -0.231. The summed E-state index contributed by atoms with van der Waals surface area (Å²) in [6, 6.07) is 0. The molecule has 0 spiro atoms. The van der Waals surface area contributed by atoms with Crippen LogP contribution < -0.4 is 0 Å². The molecule has 1 aliphatic rings. The molecule has 1 saturated carbocycles. The van der Waals surface area contributed by atoms with Crippen LogP contribution in [0.3, 0.4) is 0 Å². The minimum absolute atomic E-state index is 0.0312. The lowest BCUT2D eigenvalue weighted by Gasteiger charge is -2.21. The summed E-state index contributed by atoms with van der Waals surface area (Å²) >= 11 is 5.72. The molecule has 2 heteroatoms. The van der Waals surface area contributed by atoms with Crippen LogP contribution in [0.2, 0.25) is 0 Å². The van der Waals surface area contributed by atoms with E-state index in [2.05, 4.69) is 0 Å². The summed E-state index contributed by atoms with van der Waals surface area (Å²) in [5.74, 6) is 0. The molecule has 0 heterocycles. The lowest BCUT2D eigenvalue weighted by Crippen LogP contribution is -2.24. The van der Waals surface area contributed by atoms with Crippen LogP contribution in [-0.2, 0) is 0 Å².